The van der Waals surface area contributed by atoms with Gasteiger partial charge in [0.1, 0.15) is 0 Å². The topological polar surface area (TPSA) is 0 Å². The summed E-state index contributed by atoms with van der Waals surface area (Å²) in [5, 5.41) is 7.97. The lowest BCUT2D eigenvalue weighted by atomic mass is 9.79. The molecule has 0 bridgehead atoms. The highest BCUT2D eigenvalue weighted by Gasteiger charge is 2.38. The van der Waals surface area contributed by atoms with Gasteiger partial charge in [-0.3, -0.25) is 0 Å². The molecule has 0 aliphatic heterocycles. The van der Waals surface area contributed by atoms with E-state index in [0.29, 0.717) is 0 Å². The Hall–Kier alpha value is -4.68. The van der Waals surface area contributed by atoms with E-state index in [9.17, 15) is 0 Å². The Morgan fingerprint density at radius 1 is 0.410 bits per heavy atom. The standard InChI is InChI=1S/C39H28/c1-39(2)36-24-28(25-18-20-27(21-19-25)30-17-9-11-26-10-3-4-12-29(26)30)22-23-35(36)37-33-15-7-5-13-31(33)32-14-6-8-16-34(32)38(37)39/h3-24H,1-2H3. The van der Waals surface area contributed by atoms with Crippen molar-refractivity contribution in [1.82, 2.24) is 0 Å². The molecule has 0 aromatic heterocycles. The van der Waals surface area contributed by atoms with Crippen LogP contribution in [0.15, 0.2) is 133 Å². The van der Waals surface area contributed by atoms with Gasteiger partial charge < -0.3 is 0 Å². The van der Waals surface area contributed by atoms with Gasteiger partial charge >= 0.3 is 0 Å². The summed E-state index contributed by atoms with van der Waals surface area (Å²) < 4.78 is 0. The van der Waals surface area contributed by atoms with Gasteiger partial charge in [-0.2, -0.15) is 0 Å². The van der Waals surface area contributed by atoms with Gasteiger partial charge in [-0.05, 0) is 82.9 Å². The van der Waals surface area contributed by atoms with Gasteiger partial charge in [0, 0.05) is 5.41 Å². The van der Waals surface area contributed by atoms with Crippen LogP contribution in [0.3, 0.4) is 0 Å². The van der Waals surface area contributed by atoms with Crippen molar-refractivity contribution in [3.05, 3.63) is 145 Å². The molecule has 7 aromatic rings. The Bertz CT molecular complexity index is 2070. The molecule has 0 fully saturated rings. The van der Waals surface area contributed by atoms with Crippen LogP contribution < -0.4 is 0 Å². The zero-order chi connectivity index (χ0) is 26.1. The molecule has 0 saturated carbocycles. The maximum Gasteiger partial charge on any atom is 0.0165 e. The first kappa shape index (κ1) is 22.3. The van der Waals surface area contributed by atoms with Crippen molar-refractivity contribution in [2.75, 3.05) is 0 Å². The van der Waals surface area contributed by atoms with E-state index in [1.54, 1.807) is 0 Å². The van der Waals surface area contributed by atoms with Crippen molar-refractivity contribution in [2.24, 2.45) is 0 Å². The molecule has 0 spiro atoms. The molecule has 184 valence electrons. The molecule has 8 rings (SSSR count). The van der Waals surface area contributed by atoms with Gasteiger partial charge in [-0.15, -0.1) is 0 Å². The van der Waals surface area contributed by atoms with Crippen LogP contribution in [0.5, 0.6) is 0 Å². The second-order valence-electron chi connectivity index (χ2n) is 11.3. The fraction of sp³-hybridized carbons (Fsp3) is 0.0769. The van der Waals surface area contributed by atoms with Gasteiger partial charge in [0.05, 0.1) is 0 Å². The number of hydrogen-bond acceptors (Lipinski definition) is 0. The van der Waals surface area contributed by atoms with E-state index >= 15 is 0 Å². The molecule has 39 heavy (non-hydrogen) atoms. The Morgan fingerprint density at radius 3 is 1.74 bits per heavy atom. The van der Waals surface area contributed by atoms with Crippen LogP contribution in [-0.4, -0.2) is 0 Å². The summed E-state index contributed by atoms with van der Waals surface area (Å²) in [5.74, 6) is 0. The molecule has 0 unspecified atom stereocenters. The van der Waals surface area contributed by atoms with Gasteiger partial charge in [0.25, 0.3) is 0 Å². The molecule has 0 N–H and O–H groups in total. The third-order valence-corrected chi connectivity index (χ3v) is 8.84. The average molecular weight is 497 g/mol. The Labute approximate surface area is 229 Å². The fourth-order valence-electron chi connectivity index (χ4n) is 6.98. The number of benzene rings is 7. The van der Waals surface area contributed by atoms with Crippen LogP contribution >= 0.6 is 0 Å². The van der Waals surface area contributed by atoms with Crippen LogP contribution in [-0.2, 0) is 5.41 Å². The third kappa shape index (κ3) is 3.18. The summed E-state index contributed by atoms with van der Waals surface area (Å²) >= 11 is 0. The van der Waals surface area contributed by atoms with Crippen LogP contribution in [0.1, 0.15) is 25.0 Å². The molecule has 0 radical (unpaired) electrons. The first-order valence-electron chi connectivity index (χ1n) is 13.8. The van der Waals surface area contributed by atoms with E-state index < -0.39 is 0 Å². The first-order valence-corrected chi connectivity index (χ1v) is 13.8. The minimum atomic E-state index is -0.0901. The van der Waals surface area contributed by atoms with Crippen LogP contribution in [0, 0.1) is 0 Å². The molecule has 0 heteroatoms. The SMILES string of the molecule is CC1(C)c2cc(-c3ccc(-c4cccc5ccccc45)cc3)ccc2-c2c1c1ccccc1c1ccccc21. The lowest BCUT2D eigenvalue weighted by molar-refractivity contribution is 0.667. The van der Waals surface area contributed by atoms with Gasteiger partial charge in [-0.25, -0.2) is 0 Å². The van der Waals surface area contributed by atoms with E-state index in [0.717, 1.165) is 0 Å². The molecule has 0 saturated heterocycles. The minimum Gasteiger partial charge on any atom is -0.0616 e. The molecule has 7 aromatic carbocycles. The summed E-state index contributed by atoms with van der Waals surface area (Å²) in [6.07, 6.45) is 0. The highest BCUT2D eigenvalue weighted by molar-refractivity contribution is 6.18. The molecule has 1 aliphatic rings. The smallest absolute Gasteiger partial charge is 0.0165 e. The quantitative estimate of drug-likeness (QED) is 0.209. The van der Waals surface area contributed by atoms with Crippen molar-refractivity contribution in [3.63, 3.8) is 0 Å². The van der Waals surface area contributed by atoms with Crippen LogP contribution in [0.2, 0.25) is 0 Å². The van der Waals surface area contributed by atoms with Crippen LogP contribution in [0.25, 0.3) is 65.7 Å². The predicted molar refractivity (Wildman–Crippen MR) is 167 cm³/mol. The van der Waals surface area contributed by atoms with Crippen molar-refractivity contribution in [3.8, 4) is 33.4 Å². The monoisotopic (exact) mass is 496 g/mol. The molecule has 0 heterocycles. The van der Waals surface area contributed by atoms with Gasteiger partial charge in [-0.1, -0.05) is 141 Å². The van der Waals surface area contributed by atoms with E-state index in [4.69, 9.17) is 0 Å². The molecular weight excluding hydrogens is 468 g/mol. The zero-order valence-corrected chi connectivity index (χ0v) is 22.2. The van der Waals surface area contributed by atoms with Gasteiger partial charge in [0.2, 0.25) is 0 Å². The lowest BCUT2D eigenvalue weighted by Gasteiger charge is -2.24. The van der Waals surface area contributed by atoms with Crippen molar-refractivity contribution in [2.45, 2.75) is 19.3 Å². The van der Waals surface area contributed by atoms with E-state index in [-0.39, 0.29) is 5.41 Å². The second-order valence-corrected chi connectivity index (χ2v) is 11.3. The molecule has 1 aliphatic carbocycles. The lowest BCUT2D eigenvalue weighted by Crippen LogP contribution is -2.15. The normalized spacial score (nSPS) is 13.6. The maximum absolute atomic E-state index is 2.44. The van der Waals surface area contributed by atoms with E-state index in [1.165, 1.54) is 76.8 Å². The predicted octanol–water partition coefficient (Wildman–Crippen LogP) is 10.8. The highest BCUT2D eigenvalue weighted by atomic mass is 14.4. The number of fused-ring (bicyclic) bond motifs is 9. The Balaban J connectivity index is 1.28. The molecular formula is C39H28. The fourth-order valence-corrected chi connectivity index (χ4v) is 6.98. The zero-order valence-electron chi connectivity index (χ0n) is 22.2. The van der Waals surface area contributed by atoms with E-state index in [1.807, 2.05) is 0 Å². The number of rotatable bonds is 2. The molecule has 0 amide bonds. The second kappa shape index (κ2) is 8.16. The maximum atomic E-state index is 2.44. The summed E-state index contributed by atoms with van der Waals surface area (Å²) in [7, 11) is 0. The van der Waals surface area contributed by atoms with Crippen molar-refractivity contribution in [1.29, 1.82) is 0 Å². The average Bonchev–Trinajstić information content (AvgIpc) is 3.24. The Kier molecular flexibility index (Phi) is 4.67. The number of hydrogen-bond donors (Lipinski definition) is 0. The summed E-state index contributed by atoms with van der Waals surface area (Å²) in [6, 6.07) is 49.2. The Morgan fingerprint density at radius 2 is 0.974 bits per heavy atom. The van der Waals surface area contributed by atoms with Crippen molar-refractivity contribution >= 4 is 32.3 Å². The summed E-state index contributed by atoms with van der Waals surface area (Å²) in [5.41, 5.74) is 10.6. The largest absolute Gasteiger partial charge is 0.0616 e. The summed E-state index contributed by atoms with van der Waals surface area (Å²) in [6.45, 7) is 4.79. The minimum absolute atomic E-state index is 0.0901. The molecule has 0 nitrogen and oxygen atoms in total. The van der Waals surface area contributed by atoms with Crippen LogP contribution in [0.4, 0.5) is 0 Å². The molecule has 0 atom stereocenters. The first-order chi connectivity index (χ1) is 19.1. The van der Waals surface area contributed by atoms with Crippen molar-refractivity contribution < 1.29 is 0 Å². The summed E-state index contributed by atoms with van der Waals surface area (Å²) in [4.78, 5) is 0. The van der Waals surface area contributed by atoms with E-state index in [2.05, 4.69) is 147 Å². The van der Waals surface area contributed by atoms with Gasteiger partial charge in [0.15, 0.2) is 0 Å². The highest BCUT2D eigenvalue weighted by Crippen LogP contribution is 2.55. The third-order valence-electron chi connectivity index (χ3n) is 8.84.